The van der Waals surface area contributed by atoms with Gasteiger partial charge < -0.3 is 9.73 Å². The average molecular weight is 270 g/mol. The summed E-state index contributed by atoms with van der Waals surface area (Å²) in [5, 5.41) is 8.86. The lowest BCUT2D eigenvalue weighted by molar-refractivity contribution is 0.467. The zero-order valence-corrected chi connectivity index (χ0v) is 12.1. The fraction of sp³-hybridized carbons (Fsp3) is 0.333. The predicted octanol–water partition coefficient (Wildman–Crippen LogP) is 3.35. The molecule has 0 aliphatic heterocycles. The lowest BCUT2D eigenvalue weighted by Crippen LogP contribution is -2.05. The molecule has 0 fully saturated rings. The fourth-order valence-electron chi connectivity index (χ4n) is 2.39. The summed E-state index contributed by atoms with van der Waals surface area (Å²) in [6.07, 6.45) is 1.83. The molecule has 0 aliphatic carbocycles. The molecule has 3 aromatic rings. The number of rotatable bonds is 3. The van der Waals surface area contributed by atoms with E-state index in [0.29, 0.717) is 0 Å². The van der Waals surface area contributed by atoms with Crippen molar-refractivity contribution in [1.29, 1.82) is 0 Å². The van der Waals surface area contributed by atoms with Crippen molar-refractivity contribution >= 4 is 16.7 Å². The first kappa shape index (κ1) is 12.7. The van der Waals surface area contributed by atoms with Gasteiger partial charge in [-0.1, -0.05) is 0 Å². The third kappa shape index (κ3) is 2.15. The molecule has 0 aliphatic rings. The Morgan fingerprint density at radius 3 is 2.80 bits per heavy atom. The van der Waals surface area contributed by atoms with E-state index in [1.54, 1.807) is 4.68 Å². The second-order valence-electron chi connectivity index (χ2n) is 5.12. The Labute approximate surface area is 117 Å². The summed E-state index contributed by atoms with van der Waals surface area (Å²) in [6.45, 7) is 6.01. The number of aromatic nitrogens is 3. The van der Waals surface area contributed by atoms with E-state index < -0.39 is 0 Å². The highest BCUT2D eigenvalue weighted by Crippen LogP contribution is 2.24. The molecule has 104 valence electrons. The number of hydrogen-bond acceptors (Lipinski definition) is 4. The second-order valence-corrected chi connectivity index (χ2v) is 5.12. The molecule has 1 unspecified atom stereocenters. The molecule has 0 amide bonds. The van der Waals surface area contributed by atoms with Crippen LogP contribution in [0.3, 0.4) is 0 Å². The van der Waals surface area contributed by atoms with Gasteiger partial charge in [-0.15, -0.1) is 0 Å². The number of nitrogens with zero attached hydrogens (tertiary/aromatic N) is 3. The van der Waals surface area contributed by atoms with Gasteiger partial charge in [0.1, 0.15) is 11.5 Å². The van der Waals surface area contributed by atoms with Gasteiger partial charge in [-0.3, -0.25) is 4.68 Å². The lowest BCUT2D eigenvalue weighted by atomic mass is 10.2. The summed E-state index contributed by atoms with van der Waals surface area (Å²) >= 11 is 0. The van der Waals surface area contributed by atoms with E-state index in [2.05, 4.69) is 28.4 Å². The summed E-state index contributed by atoms with van der Waals surface area (Å²) in [7, 11) is 1.91. The van der Waals surface area contributed by atoms with Crippen molar-refractivity contribution in [2.45, 2.75) is 26.8 Å². The van der Waals surface area contributed by atoms with Gasteiger partial charge in [0, 0.05) is 12.4 Å². The maximum Gasteiger partial charge on any atom is 0.157 e. The molecule has 0 saturated heterocycles. The van der Waals surface area contributed by atoms with Gasteiger partial charge >= 0.3 is 0 Å². The van der Waals surface area contributed by atoms with Crippen molar-refractivity contribution in [3.05, 3.63) is 41.6 Å². The van der Waals surface area contributed by atoms with Gasteiger partial charge in [0.15, 0.2) is 5.65 Å². The number of anilines is 1. The van der Waals surface area contributed by atoms with E-state index in [9.17, 15) is 0 Å². The Balaban J connectivity index is 1.89. The van der Waals surface area contributed by atoms with E-state index in [1.807, 2.05) is 39.2 Å². The van der Waals surface area contributed by atoms with Crippen molar-refractivity contribution in [2.24, 2.45) is 7.05 Å². The topological polar surface area (TPSA) is 55.9 Å². The highest BCUT2D eigenvalue weighted by Gasteiger charge is 2.11. The van der Waals surface area contributed by atoms with Gasteiger partial charge in [0.25, 0.3) is 0 Å². The van der Waals surface area contributed by atoms with Gasteiger partial charge in [0.05, 0.1) is 23.6 Å². The second kappa shape index (κ2) is 4.67. The van der Waals surface area contributed by atoms with Crippen molar-refractivity contribution < 1.29 is 4.42 Å². The third-order valence-corrected chi connectivity index (χ3v) is 3.43. The summed E-state index contributed by atoms with van der Waals surface area (Å²) in [6, 6.07) is 6.14. The number of aryl methyl sites for hydroxylation is 3. The van der Waals surface area contributed by atoms with Crippen LogP contribution in [0.5, 0.6) is 0 Å². The molecule has 1 atom stereocenters. The van der Waals surface area contributed by atoms with Gasteiger partial charge in [-0.05, 0) is 39.0 Å². The Morgan fingerprint density at radius 2 is 2.10 bits per heavy atom. The van der Waals surface area contributed by atoms with Gasteiger partial charge in [0.2, 0.25) is 0 Å². The molecule has 0 aromatic carbocycles. The number of nitrogens with one attached hydrogen (secondary N) is 1. The standard InChI is InChI=1S/C15H18N4O/c1-9-5-6-14(20-9)11(3)17-12-7-13-10(2)18-19(4)15(13)16-8-12/h5-8,11,17H,1-4H3. The normalized spacial score (nSPS) is 12.8. The minimum Gasteiger partial charge on any atom is -0.464 e. The van der Waals surface area contributed by atoms with E-state index in [0.717, 1.165) is 33.9 Å². The molecule has 1 N–H and O–H groups in total. The molecule has 3 rings (SSSR count). The minimum atomic E-state index is 0.0972. The fourth-order valence-corrected chi connectivity index (χ4v) is 2.39. The van der Waals surface area contributed by atoms with Crippen LogP contribution in [0.4, 0.5) is 5.69 Å². The maximum absolute atomic E-state index is 5.63. The summed E-state index contributed by atoms with van der Waals surface area (Å²) in [5.74, 6) is 1.84. The van der Waals surface area contributed by atoms with Crippen molar-refractivity contribution in [3.63, 3.8) is 0 Å². The van der Waals surface area contributed by atoms with Crippen LogP contribution in [0.25, 0.3) is 11.0 Å². The molecule has 3 aromatic heterocycles. The molecule has 0 saturated carbocycles. The number of pyridine rings is 1. The lowest BCUT2D eigenvalue weighted by Gasteiger charge is -2.12. The van der Waals surface area contributed by atoms with E-state index in [4.69, 9.17) is 4.42 Å². The Kier molecular flexibility index (Phi) is 2.97. The van der Waals surface area contributed by atoms with Crippen LogP contribution >= 0.6 is 0 Å². The smallest absolute Gasteiger partial charge is 0.157 e. The van der Waals surface area contributed by atoms with Crippen molar-refractivity contribution in [2.75, 3.05) is 5.32 Å². The Bertz CT molecular complexity index is 756. The average Bonchev–Trinajstić information content (AvgIpc) is 2.95. The molecule has 5 nitrogen and oxygen atoms in total. The maximum atomic E-state index is 5.63. The third-order valence-electron chi connectivity index (χ3n) is 3.43. The summed E-state index contributed by atoms with van der Waals surface area (Å²) in [5.41, 5.74) is 2.85. The summed E-state index contributed by atoms with van der Waals surface area (Å²) in [4.78, 5) is 4.46. The first-order valence-corrected chi connectivity index (χ1v) is 6.67. The molecular weight excluding hydrogens is 252 g/mol. The minimum absolute atomic E-state index is 0.0972. The SMILES string of the molecule is Cc1ccc(C(C)Nc2cnc3c(c2)c(C)nn3C)o1. The van der Waals surface area contributed by atoms with Crippen LogP contribution in [-0.4, -0.2) is 14.8 Å². The quantitative estimate of drug-likeness (QED) is 0.793. The van der Waals surface area contributed by atoms with E-state index in [-0.39, 0.29) is 6.04 Å². The largest absolute Gasteiger partial charge is 0.464 e. The zero-order valence-electron chi connectivity index (χ0n) is 12.1. The number of furan rings is 1. The first-order valence-electron chi connectivity index (χ1n) is 6.67. The van der Waals surface area contributed by atoms with E-state index >= 15 is 0 Å². The Hall–Kier alpha value is -2.30. The highest BCUT2D eigenvalue weighted by molar-refractivity contribution is 5.81. The summed E-state index contributed by atoms with van der Waals surface area (Å²) < 4.78 is 7.43. The van der Waals surface area contributed by atoms with Crippen LogP contribution in [-0.2, 0) is 7.05 Å². The van der Waals surface area contributed by atoms with Gasteiger partial charge in [-0.2, -0.15) is 5.10 Å². The molecule has 0 radical (unpaired) electrons. The van der Waals surface area contributed by atoms with E-state index in [1.165, 1.54) is 0 Å². The monoisotopic (exact) mass is 270 g/mol. The van der Waals surface area contributed by atoms with Crippen LogP contribution < -0.4 is 5.32 Å². The van der Waals surface area contributed by atoms with Crippen LogP contribution in [0.15, 0.2) is 28.8 Å². The molecule has 5 heteroatoms. The van der Waals surface area contributed by atoms with Crippen LogP contribution in [0.1, 0.15) is 30.2 Å². The first-order chi connectivity index (χ1) is 9.54. The Morgan fingerprint density at radius 1 is 1.30 bits per heavy atom. The number of hydrogen-bond donors (Lipinski definition) is 1. The van der Waals surface area contributed by atoms with Crippen LogP contribution in [0.2, 0.25) is 0 Å². The van der Waals surface area contributed by atoms with Crippen LogP contribution in [0, 0.1) is 13.8 Å². The highest BCUT2D eigenvalue weighted by atomic mass is 16.3. The van der Waals surface area contributed by atoms with Crippen molar-refractivity contribution in [3.8, 4) is 0 Å². The molecule has 20 heavy (non-hydrogen) atoms. The number of fused-ring (bicyclic) bond motifs is 1. The molecular formula is C15H18N4O. The molecule has 3 heterocycles. The molecule has 0 spiro atoms. The predicted molar refractivity (Wildman–Crippen MR) is 78.7 cm³/mol. The zero-order chi connectivity index (χ0) is 14.3. The molecule has 0 bridgehead atoms. The van der Waals surface area contributed by atoms with Gasteiger partial charge in [-0.25, -0.2) is 4.98 Å². The van der Waals surface area contributed by atoms with Crippen molar-refractivity contribution in [1.82, 2.24) is 14.8 Å².